The van der Waals surface area contributed by atoms with Gasteiger partial charge in [-0.05, 0) is 6.92 Å². The molecule has 0 aliphatic carbocycles. The molecule has 0 bridgehead atoms. The van der Waals surface area contributed by atoms with Gasteiger partial charge < -0.3 is 14.7 Å². The molecule has 1 aliphatic heterocycles. The Kier molecular flexibility index (Phi) is 7.91. The van der Waals surface area contributed by atoms with Crippen LogP contribution in [0.5, 0.6) is 0 Å². The number of nitrogens with one attached hydrogen (secondary N) is 1. The summed E-state index contributed by atoms with van der Waals surface area (Å²) in [6.45, 7) is 5.61. The highest BCUT2D eigenvalue weighted by molar-refractivity contribution is 14.0. The summed E-state index contributed by atoms with van der Waals surface area (Å²) in [4.78, 5) is 8.50. The number of rotatable bonds is 4. The maximum Gasteiger partial charge on any atom is 0.435 e. The van der Waals surface area contributed by atoms with E-state index in [2.05, 4.69) is 25.5 Å². The van der Waals surface area contributed by atoms with Crippen LogP contribution in [-0.2, 0) is 26.3 Å². The molecular formula is C17H25F3IN7O. The third-order valence-corrected chi connectivity index (χ3v) is 4.56. The Morgan fingerprint density at radius 1 is 1.28 bits per heavy atom. The van der Waals surface area contributed by atoms with E-state index in [4.69, 9.17) is 4.52 Å². The lowest BCUT2D eigenvalue weighted by atomic mass is 10.2. The molecule has 12 heteroatoms. The molecule has 8 nitrogen and oxygen atoms in total. The second-order valence-electron chi connectivity index (χ2n) is 6.77. The first-order valence-corrected chi connectivity index (χ1v) is 8.96. The second-order valence-corrected chi connectivity index (χ2v) is 6.77. The lowest BCUT2D eigenvalue weighted by Crippen LogP contribution is -2.52. The van der Waals surface area contributed by atoms with Crippen molar-refractivity contribution in [3.63, 3.8) is 0 Å². The van der Waals surface area contributed by atoms with Crippen molar-refractivity contribution in [2.24, 2.45) is 12.0 Å². The molecular weight excluding hydrogens is 502 g/mol. The smallest absolute Gasteiger partial charge is 0.361 e. The number of nitrogens with zero attached hydrogens (tertiary/aromatic N) is 6. The number of aromatic nitrogens is 3. The van der Waals surface area contributed by atoms with E-state index in [-0.39, 0.29) is 36.1 Å². The Morgan fingerprint density at radius 2 is 1.97 bits per heavy atom. The molecule has 1 aliphatic rings. The predicted molar refractivity (Wildman–Crippen MR) is 112 cm³/mol. The monoisotopic (exact) mass is 527 g/mol. The normalized spacial score (nSPS) is 16.1. The molecule has 0 spiro atoms. The molecule has 0 atom stereocenters. The van der Waals surface area contributed by atoms with Crippen molar-refractivity contribution < 1.29 is 17.7 Å². The number of halogens is 4. The van der Waals surface area contributed by atoms with Crippen LogP contribution in [0.4, 0.5) is 13.2 Å². The van der Waals surface area contributed by atoms with Gasteiger partial charge in [0, 0.05) is 71.2 Å². The SMILES string of the molecule is CN=C(NCc1cn(C)nc1C(F)(F)F)N1CCN(Cc2cc(C)on2)CC1.I. The van der Waals surface area contributed by atoms with Gasteiger partial charge in [0.2, 0.25) is 0 Å². The Balaban J connectivity index is 0.00000300. The summed E-state index contributed by atoms with van der Waals surface area (Å²) in [5, 5.41) is 10.6. The third-order valence-electron chi connectivity index (χ3n) is 4.56. The van der Waals surface area contributed by atoms with Gasteiger partial charge in [-0.3, -0.25) is 14.6 Å². The molecule has 3 heterocycles. The van der Waals surface area contributed by atoms with E-state index in [0.717, 1.165) is 37.6 Å². The zero-order valence-electron chi connectivity index (χ0n) is 16.5. The van der Waals surface area contributed by atoms with Gasteiger partial charge in [-0.15, -0.1) is 24.0 Å². The number of piperazine rings is 1. The van der Waals surface area contributed by atoms with Gasteiger partial charge in [0.1, 0.15) is 5.76 Å². The van der Waals surface area contributed by atoms with Gasteiger partial charge in [-0.1, -0.05) is 5.16 Å². The molecule has 0 radical (unpaired) electrons. The maximum atomic E-state index is 13.1. The van der Waals surface area contributed by atoms with Crippen molar-refractivity contribution in [1.82, 2.24) is 30.1 Å². The molecule has 29 heavy (non-hydrogen) atoms. The van der Waals surface area contributed by atoms with Crippen molar-refractivity contribution in [2.45, 2.75) is 26.2 Å². The molecule has 1 N–H and O–H groups in total. The van der Waals surface area contributed by atoms with E-state index in [1.165, 1.54) is 17.9 Å². The zero-order chi connectivity index (χ0) is 20.3. The Hall–Kier alpha value is -1.83. The van der Waals surface area contributed by atoms with Gasteiger partial charge in [-0.25, -0.2) is 0 Å². The van der Waals surface area contributed by atoms with Crippen LogP contribution in [0.15, 0.2) is 21.8 Å². The fraction of sp³-hybridized carbons (Fsp3) is 0.588. The quantitative estimate of drug-likeness (QED) is 0.374. The van der Waals surface area contributed by atoms with E-state index < -0.39 is 11.9 Å². The number of aryl methyl sites for hydroxylation is 2. The summed E-state index contributed by atoms with van der Waals surface area (Å²) in [7, 11) is 3.10. The van der Waals surface area contributed by atoms with Crippen LogP contribution in [0.1, 0.15) is 22.7 Å². The number of hydrogen-bond donors (Lipinski definition) is 1. The van der Waals surface area contributed by atoms with Crippen LogP contribution in [0.25, 0.3) is 0 Å². The first kappa shape index (κ1) is 23.4. The van der Waals surface area contributed by atoms with Crippen LogP contribution >= 0.6 is 24.0 Å². The first-order valence-electron chi connectivity index (χ1n) is 8.96. The van der Waals surface area contributed by atoms with Gasteiger partial charge in [0.25, 0.3) is 0 Å². The van der Waals surface area contributed by atoms with Crippen LogP contribution < -0.4 is 5.32 Å². The highest BCUT2D eigenvalue weighted by Gasteiger charge is 2.37. The fourth-order valence-electron chi connectivity index (χ4n) is 3.25. The van der Waals surface area contributed by atoms with Crippen molar-refractivity contribution in [3.8, 4) is 0 Å². The molecule has 162 valence electrons. The van der Waals surface area contributed by atoms with E-state index in [0.29, 0.717) is 12.5 Å². The van der Waals surface area contributed by atoms with Crippen LogP contribution in [-0.4, -0.2) is 63.9 Å². The van der Waals surface area contributed by atoms with Crippen molar-refractivity contribution in [1.29, 1.82) is 0 Å². The summed E-state index contributed by atoms with van der Waals surface area (Å²) in [6, 6.07) is 1.92. The van der Waals surface area contributed by atoms with Crippen molar-refractivity contribution in [2.75, 3.05) is 33.2 Å². The molecule has 1 saturated heterocycles. The molecule has 0 aromatic carbocycles. The van der Waals surface area contributed by atoms with Crippen LogP contribution in [0.3, 0.4) is 0 Å². The molecule has 1 fully saturated rings. The zero-order valence-corrected chi connectivity index (χ0v) is 18.9. The second kappa shape index (κ2) is 9.78. The van der Waals surface area contributed by atoms with E-state index in [1.54, 1.807) is 7.05 Å². The van der Waals surface area contributed by atoms with Gasteiger partial charge in [0.15, 0.2) is 11.7 Å². The maximum absolute atomic E-state index is 13.1. The molecule has 2 aromatic heterocycles. The molecule has 0 saturated carbocycles. The van der Waals surface area contributed by atoms with Crippen molar-refractivity contribution >= 4 is 29.9 Å². The number of alkyl halides is 3. The molecule has 0 amide bonds. The minimum Gasteiger partial charge on any atom is -0.361 e. The average Bonchev–Trinajstić information content (AvgIpc) is 3.22. The van der Waals surface area contributed by atoms with Gasteiger partial charge in [-0.2, -0.15) is 18.3 Å². The van der Waals surface area contributed by atoms with E-state index >= 15 is 0 Å². The number of aliphatic imine (C=N–C) groups is 1. The highest BCUT2D eigenvalue weighted by Crippen LogP contribution is 2.30. The average molecular weight is 527 g/mol. The van der Waals surface area contributed by atoms with Gasteiger partial charge in [0.05, 0.1) is 5.69 Å². The lowest BCUT2D eigenvalue weighted by Gasteiger charge is -2.36. The minimum atomic E-state index is -4.48. The van der Waals surface area contributed by atoms with Crippen LogP contribution in [0.2, 0.25) is 0 Å². The van der Waals surface area contributed by atoms with Crippen LogP contribution in [0, 0.1) is 6.92 Å². The first-order chi connectivity index (χ1) is 13.3. The summed E-state index contributed by atoms with van der Waals surface area (Å²) in [5.74, 6) is 1.36. The van der Waals surface area contributed by atoms with Gasteiger partial charge >= 0.3 is 6.18 Å². The van der Waals surface area contributed by atoms with E-state index in [1.807, 2.05) is 17.9 Å². The minimum absolute atomic E-state index is 0. The Bertz CT molecular complexity index is 825. The van der Waals surface area contributed by atoms with Crippen molar-refractivity contribution in [3.05, 3.63) is 35.0 Å². The largest absolute Gasteiger partial charge is 0.435 e. The Labute approximate surface area is 184 Å². The Morgan fingerprint density at radius 3 is 2.52 bits per heavy atom. The summed E-state index contributed by atoms with van der Waals surface area (Å²) < 4.78 is 45.5. The predicted octanol–water partition coefficient (Wildman–Crippen LogP) is 2.25. The highest BCUT2D eigenvalue weighted by atomic mass is 127. The lowest BCUT2D eigenvalue weighted by molar-refractivity contribution is -0.142. The summed E-state index contributed by atoms with van der Waals surface area (Å²) in [6.07, 6.45) is -3.10. The number of guanidine groups is 1. The summed E-state index contributed by atoms with van der Waals surface area (Å²) >= 11 is 0. The van der Waals surface area contributed by atoms with E-state index in [9.17, 15) is 13.2 Å². The number of hydrogen-bond acceptors (Lipinski definition) is 5. The topological polar surface area (TPSA) is 74.7 Å². The third kappa shape index (κ3) is 6.07. The molecule has 2 aromatic rings. The fourth-order valence-corrected chi connectivity index (χ4v) is 3.25. The standard InChI is InChI=1S/C17H24F3N7O.HI/c1-12-8-14(24-28-12)11-26-4-6-27(7-5-26)16(21-2)22-9-13-10-25(3)23-15(13)17(18,19)20;/h8,10H,4-7,9,11H2,1-3H3,(H,21,22);1H. The molecule has 3 rings (SSSR count). The molecule has 0 unspecified atom stereocenters. The summed E-state index contributed by atoms with van der Waals surface area (Å²) in [5.41, 5.74) is 0.117.